The predicted molar refractivity (Wildman–Crippen MR) is 124 cm³/mol. The van der Waals surface area contributed by atoms with Crippen LogP contribution in [-0.4, -0.2) is 65.6 Å². The smallest absolute Gasteiger partial charge is 0.425 e. The van der Waals surface area contributed by atoms with Gasteiger partial charge in [-0.1, -0.05) is 18.1 Å². The molecule has 0 bridgehead atoms. The van der Waals surface area contributed by atoms with Gasteiger partial charge in [0.25, 0.3) is 5.56 Å². The number of hydroxylamine groups is 1. The maximum atomic E-state index is 13.5. The molecule has 2 aliphatic heterocycles. The van der Waals surface area contributed by atoms with Crippen LogP contribution in [0.3, 0.4) is 0 Å². The normalized spacial score (nSPS) is 17.9. The number of hydrogen-bond donors (Lipinski definition) is 1. The quantitative estimate of drug-likeness (QED) is 0.609. The summed E-state index contributed by atoms with van der Waals surface area (Å²) < 4.78 is 46.6. The lowest BCUT2D eigenvalue weighted by Gasteiger charge is -2.40. The Morgan fingerprint density at radius 3 is 2.64 bits per heavy atom. The number of anilines is 2. The van der Waals surface area contributed by atoms with Gasteiger partial charge in [-0.05, 0) is 31.5 Å². The van der Waals surface area contributed by atoms with Gasteiger partial charge in [-0.15, -0.1) is 11.0 Å². The Kier molecular flexibility index (Phi) is 7.09. The Morgan fingerprint density at radius 1 is 1.28 bits per heavy atom. The third-order valence-corrected chi connectivity index (χ3v) is 5.71. The van der Waals surface area contributed by atoms with Crippen molar-refractivity contribution in [1.82, 2.24) is 19.8 Å². The maximum Gasteiger partial charge on any atom is 0.493 e. The van der Waals surface area contributed by atoms with E-state index in [0.717, 1.165) is 15.2 Å². The molecule has 2 aromatic rings. The van der Waals surface area contributed by atoms with E-state index in [2.05, 4.69) is 22.1 Å². The van der Waals surface area contributed by atoms with Crippen LogP contribution < -0.4 is 25.6 Å². The van der Waals surface area contributed by atoms with Crippen molar-refractivity contribution in [2.24, 2.45) is 7.05 Å². The summed E-state index contributed by atoms with van der Waals surface area (Å²) in [7, 11) is 1.44. The van der Waals surface area contributed by atoms with E-state index in [9.17, 15) is 22.8 Å². The maximum absolute atomic E-state index is 13.5. The first-order chi connectivity index (χ1) is 17.1. The highest BCUT2D eigenvalue weighted by molar-refractivity contribution is 5.80. The molecule has 13 heteroatoms. The molecule has 1 N–H and O–H groups in total. The highest BCUT2D eigenvalue weighted by Crippen LogP contribution is 2.39. The number of fused-ring (bicyclic) bond motifs is 1. The van der Waals surface area contributed by atoms with E-state index in [0.29, 0.717) is 31.9 Å². The minimum atomic E-state index is -5.26. The van der Waals surface area contributed by atoms with Crippen molar-refractivity contribution in [2.45, 2.75) is 26.3 Å². The van der Waals surface area contributed by atoms with E-state index in [1.165, 1.54) is 11.9 Å². The third kappa shape index (κ3) is 4.95. The van der Waals surface area contributed by atoms with Crippen molar-refractivity contribution in [2.75, 3.05) is 42.7 Å². The first-order valence-corrected chi connectivity index (χ1v) is 11.2. The lowest BCUT2D eigenvalue weighted by Crippen LogP contribution is -2.61. The fourth-order valence-electron chi connectivity index (χ4n) is 4.01. The molecule has 192 valence electrons. The number of alkyl halides is 3. The summed E-state index contributed by atoms with van der Waals surface area (Å²) in [5.74, 6) is 3.26. The average molecular weight is 506 g/mol. The van der Waals surface area contributed by atoms with E-state index in [1.54, 1.807) is 30.0 Å². The Balaban J connectivity index is 1.85. The number of aromatic nitrogens is 2. The number of ether oxygens (including phenoxy) is 1. The van der Waals surface area contributed by atoms with Crippen molar-refractivity contribution in [3.05, 3.63) is 40.2 Å². The lowest BCUT2D eigenvalue weighted by molar-refractivity contribution is -0.203. The standard InChI is InChI=1S/C23H25F3N6O4/c1-4-5-11-31-17-18(28-21(29(3)19(17)33)35-16-8-6-7-15(2)14-16)32(36-20(34)23(24,25)26)22(31)30-12-9-27-10-13-30/h6-8,14,22,27H,9-13H2,1-3H3. The summed E-state index contributed by atoms with van der Waals surface area (Å²) in [4.78, 5) is 37.9. The molecule has 4 rings (SSSR count). The summed E-state index contributed by atoms with van der Waals surface area (Å²) in [6.45, 7) is 5.39. The highest BCUT2D eigenvalue weighted by Gasteiger charge is 2.50. The molecule has 1 aromatic heterocycles. The minimum Gasteiger partial charge on any atom is -0.425 e. The molecule has 1 aromatic carbocycles. The largest absolute Gasteiger partial charge is 0.493 e. The molecular weight excluding hydrogens is 481 g/mol. The van der Waals surface area contributed by atoms with Crippen LogP contribution in [0.4, 0.5) is 24.7 Å². The van der Waals surface area contributed by atoms with Crippen LogP contribution in [0.5, 0.6) is 11.8 Å². The second-order valence-corrected chi connectivity index (χ2v) is 8.24. The zero-order chi connectivity index (χ0) is 26.0. The topological polar surface area (TPSA) is 92.2 Å². The summed E-state index contributed by atoms with van der Waals surface area (Å²) >= 11 is 0. The van der Waals surface area contributed by atoms with Gasteiger partial charge in [0, 0.05) is 33.2 Å². The SMILES string of the molecule is CC#CCN1c2c(nc(Oc3cccc(C)c3)n(C)c2=O)N(OC(=O)C(F)(F)F)C1N1CCNCC1. The predicted octanol–water partition coefficient (Wildman–Crippen LogP) is 1.74. The summed E-state index contributed by atoms with van der Waals surface area (Å²) in [6.07, 6.45) is -6.32. The number of piperazine rings is 1. The van der Waals surface area contributed by atoms with Gasteiger partial charge < -0.3 is 19.8 Å². The summed E-state index contributed by atoms with van der Waals surface area (Å²) in [5, 5.41) is 3.90. The van der Waals surface area contributed by atoms with Crippen LogP contribution in [-0.2, 0) is 16.7 Å². The summed E-state index contributed by atoms with van der Waals surface area (Å²) in [6, 6.07) is 6.79. The average Bonchev–Trinajstić information content (AvgIpc) is 3.13. The molecule has 1 unspecified atom stereocenters. The Morgan fingerprint density at radius 2 is 2.00 bits per heavy atom. The van der Waals surface area contributed by atoms with E-state index >= 15 is 0 Å². The van der Waals surface area contributed by atoms with E-state index < -0.39 is 24.0 Å². The molecule has 1 saturated heterocycles. The first-order valence-electron chi connectivity index (χ1n) is 11.2. The van der Waals surface area contributed by atoms with Gasteiger partial charge >= 0.3 is 18.2 Å². The van der Waals surface area contributed by atoms with Gasteiger partial charge in [0.15, 0.2) is 12.0 Å². The van der Waals surface area contributed by atoms with Gasteiger partial charge in [0.2, 0.25) is 5.82 Å². The van der Waals surface area contributed by atoms with Crippen LogP contribution in [0.15, 0.2) is 29.1 Å². The molecule has 0 spiro atoms. The minimum absolute atomic E-state index is 0.00678. The van der Waals surface area contributed by atoms with Crippen LogP contribution in [0.25, 0.3) is 0 Å². The third-order valence-electron chi connectivity index (χ3n) is 5.71. The molecule has 10 nitrogen and oxygen atoms in total. The highest BCUT2D eigenvalue weighted by atomic mass is 19.4. The number of benzene rings is 1. The van der Waals surface area contributed by atoms with Gasteiger partial charge in [-0.3, -0.25) is 14.3 Å². The van der Waals surface area contributed by atoms with Crippen LogP contribution in [0.2, 0.25) is 0 Å². The number of nitrogens with zero attached hydrogens (tertiary/aromatic N) is 5. The molecule has 3 heterocycles. The number of carbonyl (C=O) groups excluding carboxylic acids is 1. The van der Waals surface area contributed by atoms with Gasteiger partial charge in [-0.25, -0.2) is 4.79 Å². The zero-order valence-corrected chi connectivity index (χ0v) is 19.9. The molecule has 0 radical (unpaired) electrons. The van der Waals surface area contributed by atoms with Gasteiger partial charge in [0.05, 0.1) is 6.54 Å². The molecule has 0 saturated carbocycles. The number of nitrogens with one attached hydrogen (secondary N) is 1. The second kappa shape index (κ2) is 10.1. The fourth-order valence-corrected chi connectivity index (χ4v) is 4.01. The summed E-state index contributed by atoms with van der Waals surface area (Å²) in [5.41, 5.74) is 0.254. The van der Waals surface area contributed by atoms with Crippen LogP contribution >= 0.6 is 0 Å². The van der Waals surface area contributed by atoms with Crippen molar-refractivity contribution in [3.63, 3.8) is 0 Å². The molecule has 1 atom stereocenters. The lowest BCUT2D eigenvalue weighted by atomic mass is 10.2. The Bertz CT molecular complexity index is 1260. The van der Waals surface area contributed by atoms with E-state index in [4.69, 9.17) is 9.57 Å². The monoisotopic (exact) mass is 506 g/mol. The molecule has 36 heavy (non-hydrogen) atoms. The molecule has 2 aliphatic rings. The number of rotatable bonds is 5. The number of carbonyl (C=O) groups is 1. The molecular formula is C23H25F3N6O4. The van der Waals surface area contributed by atoms with E-state index in [1.807, 2.05) is 13.0 Å². The van der Waals surface area contributed by atoms with E-state index in [-0.39, 0.29) is 24.1 Å². The van der Waals surface area contributed by atoms with Gasteiger partial charge in [-0.2, -0.15) is 18.2 Å². The van der Waals surface area contributed by atoms with Crippen molar-refractivity contribution < 1.29 is 27.5 Å². The molecule has 0 amide bonds. The Labute approximate surface area is 205 Å². The Hall–Kier alpha value is -3.76. The van der Waals surface area contributed by atoms with Crippen molar-refractivity contribution >= 4 is 17.5 Å². The van der Waals surface area contributed by atoms with Crippen molar-refractivity contribution in [3.8, 4) is 23.6 Å². The molecule has 0 aliphatic carbocycles. The number of halogens is 3. The van der Waals surface area contributed by atoms with Crippen LogP contribution in [0, 0.1) is 18.8 Å². The molecule has 1 fully saturated rings. The zero-order valence-electron chi connectivity index (χ0n) is 19.9. The number of hydrogen-bond acceptors (Lipinski definition) is 9. The fraction of sp³-hybridized carbons (Fsp3) is 0.435. The first kappa shape index (κ1) is 25.3. The van der Waals surface area contributed by atoms with Crippen molar-refractivity contribution in [1.29, 1.82) is 0 Å². The van der Waals surface area contributed by atoms with Crippen LogP contribution in [0.1, 0.15) is 12.5 Å². The second-order valence-electron chi connectivity index (χ2n) is 8.24. The van der Waals surface area contributed by atoms with Gasteiger partial charge in [0.1, 0.15) is 5.75 Å². The number of aryl methyl sites for hydroxylation is 1.